The minimum Gasteiger partial charge on any atom is -0.504 e. The molecule has 0 aliphatic carbocycles. The molecule has 4 heteroatoms. The van der Waals surface area contributed by atoms with Crippen LogP contribution in [-0.2, 0) is 0 Å². The molecule has 0 fully saturated rings. The molecule has 11 heavy (non-hydrogen) atoms. The number of ether oxygens (including phenoxy) is 2. The lowest BCUT2D eigenvalue weighted by molar-refractivity contribution is -0.133. The van der Waals surface area contributed by atoms with Crippen LogP contribution in [0.4, 0.5) is 0 Å². The SMILES string of the molecule is Oc1cccc2c1OC(O)O2. The van der Waals surface area contributed by atoms with Crippen LogP contribution in [0, 0.1) is 0 Å². The van der Waals surface area contributed by atoms with Crippen molar-refractivity contribution in [2.24, 2.45) is 0 Å². The molecule has 0 aromatic heterocycles. The highest BCUT2D eigenvalue weighted by Gasteiger charge is 2.24. The molecule has 1 aromatic rings. The van der Waals surface area contributed by atoms with E-state index in [1.54, 1.807) is 12.1 Å². The molecule has 0 saturated carbocycles. The molecule has 1 aliphatic heterocycles. The van der Waals surface area contributed by atoms with Gasteiger partial charge in [0.15, 0.2) is 11.5 Å². The molecule has 0 spiro atoms. The van der Waals surface area contributed by atoms with Crippen molar-refractivity contribution in [3.8, 4) is 17.2 Å². The molecule has 4 nitrogen and oxygen atoms in total. The van der Waals surface area contributed by atoms with Crippen LogP contribution in [0.15, 0.2) is 18.2 Å². The highest BCUT2D eigenvalue weighted by atomic mass is 16.8. The minimum absolute atomic E-state index is 0.0287. The largest absolute Gasteiger partial charge is 0.504 e. The first kappa shape index (κ1) is 6.30. The van der Waals surface area contributed by atoms with E-state index in [-0.39, 0.29) is 11.5 Å². The zero-order valence-electron chi connectivity index (χ0n) is 5.52. The van der Waals surface area contributed by atoms with E-state index in [1.807, 2.05) is 0 Å². The van der Waals surface area contributed by atoms with E-state index in [1.165, 1.54) is 6.07 Å². The van der Waals surface area contributed by atoms with Crippen LogP contribution >= 0.6 is 0 Å². The number of rotatable bonds is 0. The summed E-state index contributed by atoms with van der Waals surface area (Å²) in [6.45, 7) is -1.29. The maximum Gasteiger partial charge on any atom is 0.358 e. The lowest BCUT2D eigenvalue weighted by atomic mass is 10.3. The van der Waals surface area contributed by atoms with Crippen molar-refractivity contribution >= 4 is 0 Å². The van der Waals surface area contributed by atoms with Gasteiger partial charge >= 0.3 is 6.48 Å². The van der Waals surface area contributed by atoms with Crippen LogP contribution in [0.25, 0.3) is 0 Å². The van der Waals surface area contributed by atoms with E-state index in [2.05, 4.69) is 0 Å². The zero-order valence-corrected chi connectivity index (χ0v) is 5.52. The third-order valence-electron chi connectivity index (χ3n) is 1.40. The third kappa shape index (κ3) is 0.877. The summed E-state index contributed by atoms with van der Waals surface area (Å²) < 4.78 is 9.48. The lowest BCUT2D eigenvalue weighted by Crippen LogP contribution is -2.15. The average molecular weight is 154 g/mol. The van der Waals surface area contributed by atoms with Gasteiger partial charge in [0, 0.05) is 0 Å². The second kappa shape index (κ2) is 2.03. The van der Waals surface area contributed by atoms with Crippen LogP contribution in [0.3, 0.4) is 0 Å². The number of phenolic OH excluding ortho intramolecular Hbond substituents is 1. The maximum absolute atomic E-state index is 9.13. The summed E-state index contributed by atoms with van der Waals surface area (Å²) in [7, 11) is 0. The fourth-order valence-corrected chi connectivity index (χ4v) is 0.949. The molecular weight excluding hydrogens is 148 g/mol. The predicted octanol–water partition coefficient (Wildman–Crippen LogP) is 0.439. The maximum atomic E-state index is 9.13. The Hall–Kier alpha value is -1.42. The number of aliphatic hydroxyl groups is 1. The van der Waals surface area contributed by atoms with Gasteiger partial charge in [0.05, 0.1) is 0 Å². The Balaban J connectivity index is 2.49. The number of hydrogen-bond acceptors (Lipinski definition) is 4. The molecule has 1 atom stereocenters. The molecule has 1 heterocycles. The summed E-state index contributed by atoms with van der Waals surface area (Å²) in [5, 5.41) is 18.0. The molecule has 1 aromatic carbocycles. The van der Waals surface area contributed by atoms with E-state index in [4.69, 9.17) is 19.7 Å². The predicted molar refractivity (Wildman–Crippen MR) is 35.4 cm³/mol. The van der Waals surface area contributed by atoms with E-state index in [9.17, 15) is 0 Å². The molecule has 0 radical (unpaired) electrons. The average Bonchev–Trinajstić information content (AvgIpc) is 2.31. The minimum atomic E-state index is -1.29. The summed E-state index contributed by atoms with van der Waals surface area (Å²) in [6.07, 6.45) is 0. The topological polar surface area (TPSA) is 58.9 Å². The van der Waals surface area contributed by atoms with Crippen LogP contribution in [0.2, 0.25) is 0 Å². The monoisotopic (exact) mass is 154 g/mol. The molecule has 0 amide bonds. The van der Waals surface area contributed by atoms with Crippen molar-refractivity contribution in [1.82, 2.24) is 0 Å². The van der Waals surface area contributed by atoms with Gasteiger partial charge < -0.3 is 19.7 Å². The zero-order chi connectivity index (χ0) is 7.84. The molecule has 1 unspecified atom stereocenters. The number of aromatic hydroxyl groups is 1. The molecule has 0 bridgehead atoms. The first-order valence-electron chi connectivity index (χ1n) is 3.11. The van der Waals surface area contributed by atoms with Gasteiger partial charge in [-0.05, 0) is 12.1 Å². The Morgan fingerprint density at radius 2 is 2.09 bits per heavy atom. The van der Waals surface area contributed by atoms with Gasteiger partial charge in [0.1, 0.15) is 0 Å². The van der Waals surface area contributed by atoms with Crippen molar-refractivity contribution in [1.29, 1.82) is 0 Å². The normalized spacial score (nSPS) is 20.3. The van der Waals surface area contributed by atoms with Gasteiger partial charge in [0.25, 0.3) is 0 Å². The third-order valence-corrected chi connectivity index (χ3v) is 1.40. The Labute approximate surface area is 62.6 Å². The van der Waals surface area contributed by atoms with Gasteiger partial charge in [-0.3, -0.25) is 0 Å². The van der Waals surface area contributed by atoms with Gasteiger partial charge in [-0.15, -0.1) is 0 Å². The molecule has 0 saturated heterocycles. The van der Waals surface area contributed by atoms with Crippen LogP contribution in [0.5, 0.6) is 17.2 Å². The van der Waals surface area contributed by atoms with Crippen LogP contribution in [-0.4, -0.2) is 16.7 Å². The first-order chi connectivity index (χ1) is 5.27. The summed E-state index contributed by atoms with van der Waals surface area (Å²) in [6, 6.07) is 4.67. The van der Waals surface area contributed by atoms with E-state index < -0.39 is 6.48 Å². The number of benzene rings is 1. The first-order valence-corrected chi connectivity index (χ1v) is 3.11. The van der Waals surface area contributed by atoms with Gasteiger partial charge in [-0.25, -0.2) is 0 Å². The summed E-state index contributed by atoms with van der Waals surface area (Å²) in [5.74, 6) is 0.525. The smallest absolute Gasteiger partial charge is 0.358 e. The Morgan fingerprint density at radius 3 is 2.82 bits per heavy atom. The second-order valence-corrected chi connectivity index (χ2v) is 2.15. The summed E-state index contributed by atoms with van der Waals surface area (Å²) in [4.78, 5) is 0. The fraction of sp³-hybridized carbons (Fsp3) is 0.143. The van der Waals surface area contributed by atoms with Crippen molar-refractivity contribution in [2.45, 2.75) is 6.48 Å². The molecule has 2 N–H and O–H groups in total. The Kier molecular flexibility index (Phi) is 1.16. The fourth-order valence-electron chi connectivity index (χ4n) is 0.949. The van der Waals surface area contributed by atoms with Crippen molar-refractivity contribution < 1.29 is 19.7 Å². The van der Waals surface area contributed by atoms with Crippen LogP contribution in [0.1, 0.15) is 0 Å². The van der Waals surface area contributed by atoms with E-state index in [0.29, 0.717) is 5.75 Å². The van der Waals surface area contributed by atoms with Gasteiger partial charge in [-0.2, -0.15) is 0 Å². The summed E-state index contributed by atoms with van der Waals surface area (Å²) >= 11 is 0. The molecule has 2 rings (SSSR count). The van der Waals surface area contributed by atoms with Crippen molar-refractivity contribution in [2.75, 3.05) is 0 Å². The van der Waals surface area contributed by atoms with E-state index in [0.717, 1.165) is 0 Å². The highest BCUT2D eigenvalue weighted by Crippen LogP contribution is 2.40. The molecular formula is C7H6O4. The number of aliphatic hydroxyl groups excluding tert-OH is 1. The van der Waals surface area contributed by atoms with Crippen LogP contribution < -0.4 is 9.47 Å². The quantitative estimate of drug-likeness (QED) is 0.569. The summed E-state index contributed by atoms with van der Waals surface area (Å²) in [5.41, 5.74) is 0. The number of phenols is 1. The Morgan fingerprint density at radius 1 is 1.27 bits per heavy atom. The van der Waals surface area contributed by atoms with Crippen molar-refractivity contribution in [3.05, 3.63) is 18.2 Å². The van der Waals surface area contributed by atoms with Crippen molar-refractivity contribution in [3.63, 3.8) is 0 Å². The number of para-hydroxylation sites is 1. The molecule has 58 valence electrons. The second-order valence-electron chi connectivity index (χ2n) is 2.15. The van der Waals surface area contributed by atoms with E-state index >= 15 is 0 Å². The van der Waals surface area contributed by atoms with Gasteiger partial charge in [-0.1, -0.05) is 6.07 Å². The Bertz CT molecular complexity index is 284. The number of hydrogen-bond donors (Lipinski definition) is 2. The lowest BCUT2D eigenvalue weighted by Gasteiger charge is -1.98. The standard InChI is InChI=1S/C7H6O4/c8-4-2-1-3-5-6(4)11-7(9)10-5/h1-3,7-9H. The van der Waals surface area contributed by atoms with Gasteiger partial charge in [0.2, 0.25) is 5.75 Å². The highest BCUT2D eigenvalue weighted by molar-refractivity contribution is 5.51. The number of fused-ring (bicyclic) bond motifs is 1. The molecule has 1 aliphatic rings.